The highest BCUT2D eigenvalue weighted by Crippen LogP contribution is 2.33. The molecule has 0 atom stereocenters. The van der Waals surface area contributed by atoms with Crippen LogP contribution < -0.4 is 9.88 Å². The molecular weight excluding hydrogens is 310 g/mol. The molecular formula is C7H7BrF2N2O3S. The van der Waals surface area contributed by atoms with Gasteiger partial charge in [0.2, 0.25) is 10.0 Å². The summed E-state index contributed by atoms with van der Waals surface area (Å²) in [7, 11) is -2.97. The summed E-state index contributed by atoms with van der Waals surface area (Å²) in [5.74, 6) is -0.202. The molecule has 1 rings (SSSR count). The summed E-state index contributed by atoms with van der Waals surface area (Å²) in [6.45, 7) is 0. The molecule has 0 aliphatic heterocycles. The number of nitrogens with zero attached hydrogens (tertiary/aromatic N) is 1. The number of halogens is 3. The van der Waals surface area contributed by atoms with E-state index in [0.29, 0.717) is 6.07 Å². The zero-order chi connectivity index (χ0) is 12.5. The fraction of sp³-hybridized carbons (Fsp3) is 0.286. The van der Waals surface area contributed by atoms with Gasteiger partial charge in [0.1, 0.15) is 15.2 Å². The van der Waals surface area contributed by atoms with E-state index in [0.717, 1.165) is 0 Å². The quantitative estimate of drug-likeness (QED) is 0.855. The van der Waals surface area contributed by atoms with E-state index >= 15 is 0 Å². The molecule has 16 heavy (non-hydrogen) atoms. The van der Waals surface area contributed by atoms with Gasteiger partial charge in [0.15, 0.2) is 5.75 Å². The molecule has 0 unspecified atom stereocenters. The summed E-state index contributed by atoms with van der Waals surface area (Å²) in [6, 6.07) is 0.684. The Labute approximate surface area is 98.8 Å². The van der Waals surface area contributed by atoms with Gasteiger partial charge >= 0.3 is 0 Å². The number of primary sulfonamides is 1. The van der Waals surface area contributed by atoms with Crippen LogP contribution in [0.3, 0.4) is 0 Å². The number of aromatic nitrogens is 1. The van der Waals surface area contributed by atoms with Gasteiger partial charge in [0.05, 0.1) is 7.11 Å². The zero-order valence-electron chi connectivity index (χ0n) is 7.95. The molecule has 0 aliphatic rings. The summed E-state index contributed by atoms with van der Waals surface area (Å²) in [5.41, 5.74) is -0.698. The van der Waals surface area contributed by atoms with Crippen LogP contribution in [-0.2, 0) is 10.0 Å². The van der Waals surface area contributed by atoms with Gasteiger partial charge in [-0.3, -0.25) is 0 Å². The van der Waals surface area contributed by atoms with E-state index in [9.17, 15) is 17.2 Å². The number of rotatable bonds is 3. The number of hydrogen-bond donors (Lipinski definition) is 1. The van der Waals surface area contributed by atoms with E-state index < -0.39 is 27.0 Å². The lowest BCUT2D eigenvalue weighted by Crippen LogP contribution is -2.15. The number of methoxy groups -OCH3 is 1. The Balaban J connectivity index is 3.56. The van der Waals surface area contributed by atoms with E-state index in [-0.39, 0.29) is 10.4 Å². The van der Waals surface area contributed by atoms with Crippen LogP contribution in [0, 0.1) is 0 Å². The summed E-state index contributed by atoms with van der Waals surface area (Å²) >= 11 is 2.83. The molecule has 0 fully saturated rings. The third-order valence-electron chi connectivity index (χ3n) is 1.65. The zero-order valence-corrected chi connectivity index (χ0v) is 10.3. The monoisotopic (exact) mass is 316 g/mol. The standard InChI is InChI=1S/C7H7BrF2N2O3S/c1-15-5-4(16(11,13)14)2-3(7(9)10)12-6(5)8/h2,7H,1H3,(H2,11,13,14). The first kappa shape index (κ1) is 13.3. The fourth-order valence-electron chi connectivity index (χ4n) is 1.01. The van der Waals surface area contributed by atoms with Crippen LogP contribution in [0.1, 0.15) is 12.1 Å². The van der Waals surface area contributed by atoms with Gasteiger partial charge in [-0.25, -0.2) is 27.3 Å². The van der Waals surface area contributed by atoms with Crippen molar-refractivity contribution in [2.24, 2.45) is 5.14 Å². The van der Waals surface area contributed by atoms with Gasteiger partial charge < -0.3 is 4.74 Å². The largest absolute Gasteiger partial charge is 0.492 e. The first-order valence-corrected chi connectivity index (χ1v) is 6.16. The van der Waals surface area contributed by atoms with Gasteiger partial charge in [0, 0.05) is 0 Å². The molecule has 0 saturated heterocycles. The lowest BCUT2D eigenvalue weighted by atomic mass is 10.3. The molecule has 0 spiro atoms. The predicted molar refractivity (Wildman–Crippen MR) is 54.8 cm³/mol. The number of alkyl halides is 2. The van der Waals surface area contributed by atoms with Crippen molar-refractivity contribution in [3.8, 4) is 5.75 Å². The fourth-order valence-corrected chi connectivity index (χ4v) is 2.44. The Morgan fingerprint density at radius 3 is 2.50 bits per heavy atom. The topological polar surface area (TPSA) is 82.3 Å². The number of sulfonamides is 1. The molecule has 5 nitrogen and oxygen atoms in total. The molecule has 0 aromatic carbocycles. The summed E-state index contributed by atoms with van der Waals surface area (Å²) in [4.78, 5) is 2.90. The Bertz CT molecular complexity index is 507. The van der Waals surface area contributed by atoms with Crippen LogP contribution in [0.5, 0.6) is 5.75 Å². The summed E-state index contributed by atoms with van der Waals surface area (Å²) in [5, 5.41) is 4.87. The van der Waals surface area contributed by atoms with Crippen molar-refractivity contribution in [2.75, 3.05) is 7.11 Å². The smallest absolute Gasteiger partial charge is 0.280 e. The van der Waals surface area contributed by atoms with E-state index in [2.05, 4.69) is 20.9 Å². The first-order chi connectivity index (χ1) is 7.27. The highest BCUT2D eigenvalue weighted by Gasteiger charge is 2.23. The third-order valence-corrected chi connectivity index (χ3v) is 3.11. The molecule has 9 heteroatoms. The molecule has 2 N–H and O–H groups in total. The highest BCUT2D eigenvalue weighted by atomic mass is 79.9. The maximum atomic E-state index is 12.4. The Morgan fingerprint density at radius 1 is 1.56 bits per heavy atom. The minimum Gasteiger partial charge on any atom is -0.492 e. The van der Waals surface area contributed by atoms with Crippen LogP contribution >= 0.6 is 15.9 Å². The number of hydrogen-bond acceptors (Lipinski definition) is 4. The van der Waals surface area contributed by atoms with Crippen LogP contribution in [0.4, 0.5) is 8.78 Å². The molecule has 1 aromatic heterocycles. The van der Waals surface area contributed by atoms with Crippen molar-refractivity contribution in [1.29, 1.82) is 0 Å². The Kier molecular flexibility index (Phi) is 3.81. The highest BCUT2D eigenvalue weighted by molar-refractivity contribution is 9.10. The molecule has 0 saturated carbocycles. The Morgan fingerprint density at radius 2 is 2.12 bits per heavy atom. The van der Waals surface area contributed by atoms with Crippen LogP contribution in [0.2, 0.25) is 0 Å². The molecule has 90 valence electrons. The summed E-state index contributed by atoms with van der Waals surface area (Å²) in [6.07, 6.45) is -2.90. The second-order valence-electron chi connectivity index (χ2n) is 2.72. The molecule has 1 heterocycles. The van der Waals surface area contributed by atoms with Gasteiger partial charge in [-0.05, 0) is 22.0 Å². The van der Waals surface area contributed by atoms with Crippen molar-refractivity contribution in [2.45, 2.75) is 11.3 Å². The van der Waals surface area contributed by atoms with Gasteiger partial charge in [0.25, 0.3) is 6.43 Å². The van der Waals surface area contributed by atoms with Crippen molar-refractivity contribution in [1.82, 2.24) is 4.98 Å². The lowest BCUT2D eigenvalue weighted by Gasteiger charge is -2.10. The van der Waals surface area contributed by atoms with Crippen LogP contribution in [-0.4, -0.2) is 20.5 Å². The second-order valence-corrected chi connectivity index (χ2v) is 5.00. The number of ether oxygens (including phenoxy) is 1. The van der Waals surface area contributed by atoms with Crippen LogP contribution in [0.25, 0.3) is 0 Å². The van der Waals surface area contributed by atoms with Crippen molar-refractivity contribution >= 4 is 26.0 Å². The lowest BCUT2D eigenvalue weighted by molar-refractivity contribution is 0.145. The minimum atomic E-state index is -4.15. The maximum absolute atomic E-state index is 12.4. The van der Waals surface area contributed by atoms with E-state index in [1.54, 1.807) is 0 Å². The van der Waals surface area contributed by atoms with Crippen LogP contribution in [0.15, 0.2) is 15.6 Å². The van der Waals surface area contributed by atoms with Crippen molar-refractivity contribution in [3.05, 3.63) is 16.4 Å². The summed E-state index contributed by atoms with van der Waals surface area (Å²) < 4.78 is 51.7. The number of pyridine rings is 1. The third kappa shape index (κ3) is 2.66. The molecule has 0 aliphatic carbocycles. The SMILES string of the molecule is COc1c(S(N)(=O)=O)cc(C(F)F)nc1Br. The van der Waals surface area contributed by atoms with Crippen molar-refractivity contribution < 1.29 is 21.9 Å². The average Bonchev–Trinajstić information content (AvgIpc) is 2.14. The molecule has 0 amide bonds. The normalized spacial score (nSPS) is 11.9. The van der Waals surface area contributed by atoms with Gasteiger partial charge in [-0.15, -0.1) is 0 Å². The van der Waals surface area contributed by atoms with E-state index in [1.165, 1.54) is 7.11 Å². The van der Waals surface area contributed by atoms with E-state index in [4.69, 9.17) is 9.88 Å². The van der Waals surface area contributed by atoms with Gasteiger partial charge in [-0.2, -0.15) is 0 Å². The van der Waals surface area contributed by atoms with Crippen molar-refractivity contribution in [3.63, 3.8) is 0 Å². The first-order valence-electron chi connectivity index (χ1n) is 3.82. The van der Waals surface area contributed by atoms with Gasteiger partial charge in [-0.1, -0.05) is 0 Å². The molecule has 0 radical (unpaired) electrons. The second kappa shape index (κ2) is 4.60. The molecule has 0 bridgehead atoms. The predicted octanol–water partition coefficient (Wildman–Crippen LogP) is 1.44. The average molecular weight is 317 g/mol. The maximum Gasteiger partial charge on any atom is 0.280 e. The Hall–Kier alpha value is -0.800. The molecule has 1 aromatic rings. The van der Waals surface area contributed by atoms with E-state index in [1.807, 2.05) is 0 Å². The number of nitrogens with two attached hydrogens (primary N) is 1. The minimum absolute atomic E-state index is 0.142.